The van der Waals surface area contributed by atoms with Crippen LogP contribution in [-0.4, -0.2) is 16.6 Å². The summed E-state index contributed by atoms with van der Waals surface area (Å²) >= 11 is 0. The Bertz CT molecular complexity index is 721. The van der Waals surface area contributed by atoms with Gasteiger partial charge < -0.3 is 4.74 Å². The predicted octanol–water partition coefficient (Wildman–Crippen LogP) is 5.56. The minimum absolute atomic E-state index is 0.279. The Kier molecular flexibility index (Phi) is 5.32. The lowest BCUT2D eigenvalue weighted by Crippen LogP contribution is -2.24. The lowest BCUT2D eigenvalue weighted by molar-refractivity contribution is 0.00716. The van der Waals surface area contributed by atoms with Crippen LogP contribution in [0.1, 0.15) is 70.4 Å². The molecule has 1 heterocycles. The standard InChI is InChI=1S/C21H29NO2/c1-20(2,3)13-9-10-15-14-17(19(23)24-21(4,5)6)16-11-7-8-12-18(16)22-15/h7-8,11-12,14H,9-10,13H2,1-6H3. The van der Waals surface area contributed by atoms with Gasteiger partial charge in [0.05, 0.1) is 11.1 Å². The van der Waals surface area contributed by atoms with E-state index >= 15 is 0 Å². The van der Waals surface area contributed by atoms with Gasteiger partial charge in [0.15, 0.2) is 0 Å². The maximum absolute atomic E-state index is 12.6. The van der Waals surface area contributed by atoms with Crippen molar-refractivity contribution in [1.82, 2.24) is 4.98 Å². The fourth-order valence-corrected chi connectivity index (χ4v) is 2.66. The molecule has 0 radical (unpaired) electrons. The Labute approximate surface area is 145 Å². The number of hydrogen-bond acceptors (Lipinski definition) is 3. The number of benzene rings is 1. The summed E-state index contributed by atoms with van der Waals surface area (Å²) in [4.78, 5) is 17.3. The normalized spacial score (nSPS) is 12.4. The molecule has 24 heavy (non-hydrogen) atoms. The molecule has 0 aliphatic rings. The fourth-order valence-electron chi connectivity index (χ4n) is 2.66. The number of hydrogen-bond donors (Lipinski definition) is 0. The van der Waals surface area contributed by atoms with E-state index in [4.69, 9.17) is 9.72 Å². The molecule has 2 aromatic rings. The van der Waals surface area contributed by atoms with E-state index in [-0.39, 0.29) is 5.97 Å². The Balaban J connectivity index is 2.32. The molecule has 3 heteroatoms. The Morgan fingerprint density at radius 3 is 2.38 bits per heavy atom. The van der Waals surface area contributed by atoms with Gasteiger partial charge in [0.25, 0.3) is 0 Å². The highest BCUT2D eigenvalue weighted by atomic mass is 16.6. The van der Waals surface area contributed by atoms with Crippen molar-refractivity contribution >= 4 is 16.9 Å². The third-order valence-corrected chi connectivity index (χ3v) is 3.75. The van der Waals surface area contributed by atoms with E-state index in [1.165, 1.54) is 0 Å². The molecule has 130 valence electrons. The van der Waals surface area contributed by atoms with Crippen LogP contribution in [0.25, 0.3) is 10.9 Å². The number of fused-ring (bicyclic) bond motifs is 1. The number of para-hydroxylation sites is 1. The van der Waals surface area contributed by atoms with Gasteiger partial charge in [-0.05, 0) is 57.6 Å². The highest BCUT2D eigenvalue weighted by Gasteiger charge is 2.21. The molecule has 3 nitrogen and oxygen atoms in total. The SMILES string of the molecule is CC(C)(C)CCCc1cc(C(=O)OC(C)(C)C)c2ccccc2n1. The van der Waals surface area contributed by atoms with E-state index in [2.05, 4.69) is 20.8 Å². The summed E-state index contributed by atoms with van der Waals surface area (Å²) in [6.07, 6.45) is 3.06. The maximum atomic E-state index is 12.6. The van der Waals surface area contributed by atoms with Gasteiger partial charge in [0.2, 0.25) is 0 Å². The molecule has 0 saturated heterocycles. The second kappa shape index (κ2) is 6.92. The van der Waals surface area contributed by atoms with Crippen molar-refractivity contribution in [3.05, 3.63) is 41.6 Å². The molecule has 2 rings (SSSR count). The zero-order chi connectivity index (χ0) is 18.0. The molecule has 0 N–H and O–H groups in total. The smallest absolute Gasteiger partial charge is 0.339 e. The lowest BCUT2D eigenvalue weighted by Gasteiger charge is -2.20. The van der Waals surface area contributed by atoms with E-state index in [0.29, 0.717) is 11.0 Å². The second-order valence-corrected chi connectivity index (χ2v) is 8.59. The molecule has 0 amide bonds. The molecule has 0 atom stereocenters. The van der Waals surface area contributed by atoms with Crippen molar-refractivity contribution in [2.45, 2.75) is 66.4 Å². The van der Waals surface area contributed by atoms with Gasteiger partial charge in [0, 0.05) is 11.1 Å². The summed E-state index contributed by atoms with van der Waals surface area (Å²) in [7, 11) is 0. The first-order chi connectivity index (χ1) is 11.1. The zero-order valence-corrected chi connectivity index (χ0v) is 15.8. The lowest BCUT2D eigenvalue weighted by atomic mass is 9.89. The number of carbonyl (C=O) groups is 1. The second-order valence-electron chi connectivity index (χ2n) is 8.59. The summed E-state index contributed by atoms with van der Waals surface area (Å²) in [6.45, 7) is 12.4. The molecule has 0 aliphatic heterocycles. The fraction of sp³-hybridized carbons (Fsp3) is 0.524. The third kappa shape index (κ3) is 5.33. The van der Waals surface area contributed by atoms with Gasteiger partial charge in [-0.3, -0.25) is 4.98 Å². The van der Waals surface area contributed by atoms with Crippen molar-refractivity contribution in [1.29, 1.82) is 0 Å². The van der Waals surface area contributed by atoms with Crippen molar-refractivity contribution in [3.8, 4) is 0 Å². The van der Waals surface area contributed by atoms with Gasteiger partial charge in [-0.1, -0.05) is 39.0 Å². The molecule has 1 aromatic heterocycles. The molecule has 0 aliphatic carbocycles. The number of carbonyl (C=O) groups excluding carboxylic acids is 1. The molecule has 0 fully saturated rings. The van der Waals surface area contributed by atoms with Crippen molar-refractivity contribution in [2.75, 3.05) is 0 Å². The largest absolute Gasteiger partial charge is 0.456 e. The van der Waals surface area contributed by atoms with E-state index in [1.807, 2.05) is 51.1 Å². The van der Waals surface area contributed by atoms with Crippen molar-refractivity contribution in [2.24, 2.45) is 5.41 Å². The van der Waals surface area contributed by atoms with Crippen molar-refractivity contribution in [3.63, 3.8) is 0 Å². The van der Waals surface area contributed by atoms with Crippen LogP contribution < -0.4 is 0 Å². The van der Waals surface area contributed by atoms with Gasteiger partial charge in [-0.25, -0.2) is 4.79 Å². The molecular formula is C21H29NO2. The number of aromatic nitrogens is 1. The van der Waals surface area contributed by atoms with Crippen LogP contribution in [0.3, 0.4) is 0 Å². The highest BCUT2D eigenvalue weighted by Crippen LogP contribution is 2.25. The van der Waals surface area contributed by atoms with Crippen LogP contribution in [-0.2, 0) is 11.2 Å². The molecule has 0 bridgehead atoms. The first-order valence-electron chi connectivity index (χ1n) is 8.67. The van der Waals surface area contributed by atoms with Crippen LogP contribution in [0.5, 0.6) is 0 Å². The zero-order valence-electron chi connectivity index (χ0n) is 15.8. The maximum Gasteiger partial charge on any atom is 0.339 e. The quantitative estimate of drug-likeness (QED) is 0.690. The summed E-state index contributed by atoms with van der Waals surface area (Å²) < 4.78 is 5.58. The summed E-state index contributed by atoms with van der Waals surface area (Å²) in [5.41, 5.74) is 2.23. The average Bonchev–Trinajstić information content (AvgIpc) is 2.43. The monoisotopic (exact) mass is 327 g/mol. The van der Waals surface area contributed by atoms with E-state index in [1.54, 1.807) is 0 Å². The number of aryl methyl sites for hydroxylation is 1. The first-order valence-corrected chi connectivity index (χ1v) is 8.67. The van der Waals surface area contributed by atoms with Crippen LogP contribution in [0.2, 0.25) is 0 Å². The minimum Gasteiger partial charge on any atom is -0.456 e. The molecular weight excluding hydrogens is 298 g/mol. The van der Waals surface area contributed by atoms with Crippen LogP contribution >= 0.6 is 0 Å². The summed E-state index contributed by atoms with van der Waals surface area (Å²) in [6, 6.07) is 9.67. The van der Waals surface area contributed by atoms with Crippen LogP contribution in [0, 0.1) is 5.41 Å². The Hall–Kier alpha value is -1.90. The topological polar surface area (TPSA) is 39.2 Å². The third-order valence-electron chi connectivity index (χ3n) is 3.75. The number of pyridine rings is 1. The Morgan fingerprint density at radius 2 is 1.75 bits per heavy atom. The van der Waals surface area contributed by atoms with E-state index in [9.17, 15) is 4.79 Å². The number of esters is 1. The molecule has 0 unspecified atom stereocenters. The van der Waals surface area contributed by atoms with E-state index < -0.39 is 5.60 Å². The highest BCUT2D eigenvalue weighted by molar-refractivity contribution is 6.03. The van der Waals surface area contributed by atoms with Crippen LogP contribution in [0.15, 0.2) is 30.3 Å². The van der Waals surface area contributed by atoms with E-state index in [0.717, 1.165) is 35.9 Å². The summed E-state index contributed by atoms with van der Waals surface area (Å²) in [5, 5.41) is 0.853. The Morgan fingerprint density at radius 1 is 1.08 bits per heavy atom. The minimum atomic E-state index is -0.506. The van der Waals surface area contributed by atoms with Gasteiger partial charge in [-0.2, -0.15) is 0 Å². The van der Waals surface area contributed by atoms with Crippen LogP contribution in [0.4, 0.5) is 0 Å². The predicted molar refractivity (Wildman–Crippen MR) is 99.3 cm³/mol. The number of rotatable bonds is 4. The average molecular weight is 327 g/mol. The number of nitrogens with zero attached hydrogens (tertiary/aromatic N) is 1. The van der Waals surface area contributed by atoms with Crippen molar-refractivity contribution < 1.29 is 9.53 Å². The summed E-state index contributed by atoms with van der Waals surface area (Å²) in [5.74, 6) is -0.279. The van der Waals surface area contributed by atoms with Gasteiger partial charge in [0.1, 0.15) is 5.60 Å². The molecule has 0 spiro atoms. The molecule has 0 saturated carbocycles. The van der Waals surface area contributed by atoms with Gasteiger partial charge in [-0.15, -0.1) is 0 Å². The molecule has 1 aromatic carbocycles. The first kappa shape index (κ1) is 18.4. The van der Waals surface area contributed by atoms with Gasteiger partial charge >= 0.3 is 5.97 Å². The number of ether oxygens (including phenoxy) is 1.